The van der Waals surface area contributed by atoms with Crippen LogP contribution in [0.4, 0.5) is 0 Å². The van der Waals surface area contributed by atoms with E-state index in [-0.39, 0.29) is 6.61 Å². The molecule has 1 aromatic carbocycles. The summed E-state index contributed by atoms with van der Waals surface area (Å²) in [5, 5.41) is 13.9. The van der Waals surface area contributed by atoms with Gasteiger partial charge in [0.05, 0.1) is 25.1 Å². The van der Waals surface area contributed by atoms with Crippen LogP contribution in [0.15, 0.2) is 24.3 Å². The first-order valence-electron chi connectivity index (χ1n) is 6.18. The number of nitrogens with zero attached hydrogens (tertiary/aromatic N) is 2. The van der Waals surface area contributed by atoms with Gasteiger partial charge in [0.15, 0.2) is 0 Å². The van der Waals surface area contributed by atoms with Crippen molar-refractivity contribution in [3.05, 3.63) is 41.2 Å². The van der Waals surface area contributed by atoms with Gasteiger partial charge in [-0.3, -0.25) is 0 Å². The van der Waals surface area contributed by atoms with Gasteiger partial charge in [0, 0.05) is 5.69 Å². The van der Waals surface area contributed by atoms with E-state index >= 15 is 0 Å². The van der Waals surface area contributed by atoms with Gasteiger partial charge in [-0.2, -0.15) is 5.10 Å². The highest BCUT2D eigenvalue weighted by Crippen LogP contribution is 2.28. The third-order valence-corrected chi connectivity index (χ3v) is 3.48. The molecule has 1 aliphatic rings. The number of fused-ring (bicyclic) bond motifs is 1. The molecule has 1 aromatic heterocycles. The fourth-order valence-electron chi connectivity index (χ4n) is 2.58. The number of methoxy groups -OCH3 is 1. The van der Waals surface area contributed by atoms with Gasteiger partial charge < -0.3 is 9.84 Å². The average molecular weight is 244 g/mol. The van der Waals surface area contributed by atoms with E-state index in [0.717, 1.165) is 36.4 Å². The predicted octanol–water partition coefficient (Wildman–Crippen LogP) is 1.86. The molecule has 0 bridgehead atoms. The third kappa shape index (κ3) is 1.69. The molecular weight excluding hydrogens is 228 g/mol. The SMILES string of the molecule is COc1ccc(-n2nc(CO)c3c2CCC3)cc1. The standard InChI is InChI=1S/C14H16N2O2/c1-18-11-7-5-10(6-8-11)16-14-4-2-3-12(14)13(9-17)15-16/h5-8,17H,2-4,9H2,1H3. The Morgan fingerprint density at radius 2 is 2.06 bits per heavy atom. The largest absolute Gasteiger partial charge is 0.497 e. The Morgan fingerprint density at radius 3 is 2.72 bits per heavy atom. The van der Waals surface area contributed by atoms with Crippen LogP contribution in [0, 0.1) is 0 Å². The fraction of sp³-hybridized carbons (Fsp3) is 0.357. The third-order valence-electron chi connectivity index (χ3n) is 3.48. The van der Waals surface area contributed by atoms with Gasteiger partial charge in [-0.15, -0.1) is 0 Å². The number of rotatable bonds is 3. The first-order chi connectivity index (χ1) is 8.83. The summed E-state index contributed by atoms with van der Waals surface area (Å²) >= 11 is 0. The maximum Gasteiger partial charge on any atom is 0.119 e. The number of aliphatic hydroxyl groups excluding tert-OH is 1. The molecule has 4 heteroatoms. The second-order valence-corrected chi connectivity index (χ2v) is 4.49. The van der Waals surface area contributed by atoms with Gasteiger partial charge in [0.2, 0.25) is 0 Å². The van der Waals surface area contributed by atoms with Crippen LogP contribution in [0.1, 0.15) is 23.4 Å². The maximum absolute atomic E-state index is 9.35. The molecule has 0 atom stereocenters. The molecule has 0 aliphatic heterocycles. The first kappa shape index (κ1) is 11.3. The molecule has 1 N–H and O–H groups in total. The Balaban J connectivity index is 2.05. The number of aliphatic hydroxyl groups is 1. The predicted molar refractivity (Wildman–Crippen MR) is 68.1 cm³/mol. The van der Waals surface area contributed by atoms with Crippen molar-refractivity contribution in [2.45, 2.75) is 25.9 Å². The van der Waals surface area contributed by atoms with Crippen molar-refractivity contribution < 1.29 is 9.84 Å². The summed E-state index contributed by atoms with van der Waals surface area (Å²) in [6.07, 6.45) is 3.21. The fourth-order valence-corrected chi connectivity index (χ4v) is 2.58. The van der Waals surface area contributed by atoms with Crippen molar-refractivity contribution in [2.75, 3.05) is 7.11 Å². The molecule has 0 saturated heterocycles. The second kappa shape index (κ2) is 4.46. The summed E-state index contributed by atoms with van der Waals surface area (Å²) in [7, 11) is 1.66. The minimum absolute atomic E-state index is 0.0193. The van der Waals surface area contributed by atoms with E-state index < -0.39 is 0 Å². The minimum Gasteiger partial charge on any atom is -0.497 e. The van der Waals surface area contributed by atoms with Crippen LogP contribution in [-0.4, -0.2) is 22.0 Å². The summed E-state index contributed by atoms with van der Waals surface area (Å²) in [6.45, 7) is 0.0193. The molecule has 0 spiro atoms. The Bertz CT molecular complexity index is 558. The van der Waals surface area contributed by atoms with E-state index in [4.69, 9.17) is 4.74 Å². The van der Waals surface area contributed by atoms with Crippen molar-refractivity contribution in [1.29, 1.82) is 0 Å². The van der Waals surface area contributed by atoms with E-state index in [1.807, 2.05) is 28.9 Å². The highest BCUT2D eigenvalue weighted by Gasteiger charge is 2.22. The summed E-state index contributed by atoms with van der Waals surface area (Å²) in [5.74, 6) is 0.838. The Hall–Kier alpha value is -1.81. The molecule has 4 nitrogen and oxygen atoms in total. The smallest absolute Gasteiger partial charge is 0.119 e. The van der Waals surface area contributed by atoms with Crippen LogP contribution in [-0.2, 0) is 19.4 Å². The van der Waals surface area contributed by atoms with Crippen molar-refractivity contribution in [3.63, 3.8) is 0 Å². The highest BCUT2D eigenvalue weighted by molar-refractivity contribution is 5.42. The monoisotopic (exact) mass is 244 g/mol. The van der Waals surface area contributed by atoms with Crippen molar-refractivity contribution >= 4 is 0 Å². The lowest BCUT2D eigenvalue weighted by Crippen LogP contribution is -2.01. The van der Waals surface area contributed by atoms with Crippen LogP contribution in [0.5, 0.6) is 5.75 Å². The highest BCUT2D eigenvalue weighted by atomic mass is 16.5. The van der Waals surface area contributed by atoms with Gasteiger partial charge in [-0.25, -0.2) is 4.68 Å². The van der Waals surface area contributed by atoms with Crippen LogP contribution in [0.2, 0.25) is 0 Å². The van der Waals surface area contributed by atoms with Crippen LogP contribution >= 0.6 is 0 Å². The lowest BCUT2D eigenvalue weighted by Gasteiger charge is -2.06. The molecule has 0 amide bonds. The summed E-state index contributed by atoms with van der Waals surface area (Å²) in [4.78, 5) is 0. The number of aromatic nitrogens is 2. The molecule has 0 radical (unpaired) electrons. The van der Waals surface area contributed by atoms with Gasteiger partial charge in [-0.05, 0) is 49.1 Å². The zero-order chi connectivity index (χ0) is 12.5. The average Bonchev–Trinajstić information content (AvgIpc) is 3.00. The molecule has 94 valence electrons. The van der Waals surface area contributed by atoms with Crippen molar-refractivity contribution in [2.24, 2.45) is 0 Å². The van der Waals surface area contributed by atoms with Crippen molar-refractivity contribution in [3.8, 4) is 11.4 Å². The number of hydrogen-bond donors (Lipinski definition) is 1. The minimum atomic E-state index is 0.0193. The first-order valence-corrected chi connectivity index (χ1v) is 6.18. The van der Waals surface area contributed by atoms with E-state index in [0.29, 0.717) is 0 Å². The molecular formula is C14H16N2O2. The van der Waals surface area contributed by atoms with Crippen LogP contribution in [0.3, 0.4) is 0 Å². The molecule has 18 heavy (non-hydrogen) atoms. The normalized spacial score (nSPS) is 13.7. The van der Waals surface area contributed by atoms with Gasteiger partial charge >= 0.3 is 0 Å². The van der Waals surface area contributed by atoms with Crippen LogP contribution in [0.25, 0.3) is 5.69 Å². The van der Waals surface area contributed by atoms with Crippen LogP contribution < -0.4 is 4.74 Å². The molecule has 2 aromatic rings. The Kier molecular flexibility index (Phi) is 2.80. The van der Waals surface area contributed by atoms with Gasteiger partial charge in [0.1, 0.15) is 5.75 Å². The molecule has 0 unspecified atom stereocenters. The lowest BCUT2D eigenvalue weighted by molar-refractivity contribution is 0.275. The zero-order valence-electron chi connectivity index (χ0n) is 10.4. The number of ether oxygens (including phenoxy) is 1. The zero-order valence-corrected chi connectivity index (χ0v) is 10.4. The van der Waals surface area contributed by atoms with Crippen molar-refractivity contribution in [1.82, 2.24) is 9.78 Å². The maximum atomic E-state index is 9.35. The van der Waals surface area contributed by atoms with E-state index in [1.165, 1.54) is 11.3 Å². The molecule has 3 rings (SSSR count). The topological polar surface area (TPSA) is 47.3 Å². The molecule has 1 aliphatic carbocycles. The van der Waals surface area contributed by atoms with E-state index in [1.54, 1.807) is 7.11 Å². The Morgan fingerprint density at radius 1 is 1.28 bits per heavy atom. The van der Waals surface area contributed by atoms with Gasteiger partial charge in [-0.1, -0.05) is 0 Å². The molecule has 0 saturated carbocycles. The number of hydrogen-bond acceptors (Lipinski definition) is 3. The van der Waals surface area contributed by atoms with Gasteiger partial charge in [0.25, 0.3) is 0 Å². The molecule has 0 fully saturated rings. The quantitative estimate of drug-likeness (QED) is 0.896. The van der Waals surface area contributed by atoms with E-state index in [9.17, 15) is 5.11 Å². The second-order valence-electron chi connectivity index (χ2n) is 4.49. The van der Waals surface area contributed by atoms with E-state index in [2.05, 4.69) is 5.10 Å². The Labute approximate surface area is 106 Å². The summed E-state index contributed by atoms with van der Waals surface area (Å²) < 4.78 is 7.11. The summed E-state index contributed by atoms with van der Waals surface area (Å²) in [6, 6.07) is 7.84. The molecule has 1 heterocycles. The number of benzene rings is 1. The lowest BCUT2D eigenvalue weighted by atomic mass is 10.2. The summed E-state index contributed by atoms with van der Waals surface area (Å²) in [5.41, 5.74) is 4.31.